The Kier molecular flexibility index (Phi) is 5.29. The fourth-order valence-electron chi connectivity index (χ4n) is 1.47. The Balaban J connectivity index is 2.54. The van der Waals surface area contributed by atoms with Crippen LogP contribution < -0.4 is 21.1 Å². The average Bonchev–Trinajstić information content (AvgIpc) is 2.34. The van der Waals surface area contributed by atoms with Gasteiger partial charge >= 0.3 is 6.03 Å². The van der Waals surface area contributed by atoms with Crippen molar-refractivity contribution in [2.45, 2.75) is 26.3 Å². The molecule has 0 fully saturated rings. The van der Waals surface area contributed by atoms with Gasteiger partial charge in [0.25, 0.3) is 11.8 Å². The van der Waals surface area contributed by atoms with Gasteiger partial charge in [-0.15, -0.1) is 0 Å². The highest BCUT2D eigenvalue weighted by atomic mass is 16.5. The molecule has 0 bridgehead atoms. The number of carbonyl (C=O) groups is 3. The van der Waals surface area contributed by atoms with Crippen molar-refractivity contribution in [3.63, 3.8) is 0 Å². The summed E-state index contributed by atoms with van der Waals surface area (Å²) >= 11 is 0. The molecule has 0 unspecified atom stereocenters. The van der Waals surface area contributed by atoms with Crippen LogP contribution in [0.4, 0.5) is 4.79 Å². The molecule has 114 valence electrons. The summed E-state index contributed by atoms with van der Waals surface area (Å²) in [6, 6.07) is 5.67. The number of imide groups is 1. The molecule has 4 amide bonds. The smallest absolute Gasteiger partial charge is 0.321 e. The van der Waals surface area contributed by atoms with Crippen molar-refractivity contribution in [3.05, 3.63) is 29.8 Å². The lowest BCUT2D eigenvalue weighted by Crippen LogP contribution is -2.49. The summed E-state index contributed by atoms with van der Waals surface area (Å²) in [5.74, 6) is -1.09. The summed E-state index contributed by atoms with van der Waals surface area (Å²) in [7, 11) is 0. The predicted molar refractivity (Wildman–Crippen MR) is 76.9 cm³/mol. The number of benzene rings is 1. The van der Waals surface area contributed by atoms with E-state index in [-0.39, 0.29) is 11.3 Å². The van der Waals surface area contributed by atoms with Crippen molar-refractivity contribution in [2.24, 2.45) is 5.73 Å². The lowest BCUT2D eigenvalue weighted by Gasteiger charge is -2.20. The number of nitrogens with one attached hydrogen (secondary N) is 2. The zero-order valence-corrected chi connectivity index (χ0v) is 12.2. The maximum atomic E-state index is 11.6. The first-order valence-electron chi connectivity index (χ1n) is 6.32. The summed E-state index contributed by atoms with van der Waals surface area (Å²) in [6.07, 6.45) is 0. The maximum Gasteiger partial charge on any atom is 0.321 e. The van der Waals surface area contributed by atoms with Gasteiger partial charge in [-0.3, -0.25) is 14.9 Å². The van der Waals surface area contributed by atoms with Gasteiger partial charge in [0, 0.05) is 5.54 Å². The predicted octanol–water partition coefficient (Wildman–Crippen LogP) is 0.789. The molecule has 0 saturated carbocycles. The monoisotopic (exact) mass is 293 g/mol. The first-order chi connectivity index (χ1) is 9.69. The topological polar surface area (TPSA) is 111 Å². The minimum atomic E-state index is -0.656. The molecule has 0 aliphatic carbocycles. The SMILES string of the molecule is CC(C)(C)NC(=O)NC(=O)COc1ccccc1C(N)=O. The quantitative estimate of drug-likeness (QED) is 0.762. The van der Waals surface area contributed by atoms with Crippen LogP contribution in [0.2, 0.25) is 0 Å². The summed E-state index contributed by atoms with van der Waals surface area (Å²) in [4.78, 5) is 34.2. The van der Waals surface area contributed by atoms with E-state index in [1.165, 1.54) is 12.1 Å². The molecule has 0 atom stereocenters. The Hall–Kier alpha value is -2.57. The molecular formula is C14H19N3O4. The van der Waals surface area contributed by atoms with Crippen LogP contribution >= 0.6 is 0 Å². The highest BCUT2D eigenvalue weighted by Crippen LogP contribution is 2.16. The van der Waals surface area contributed by atoms with Crippen LogP contribution in [-0.4, -0.2) is 30.0 Å². The number of nitrogens with two attached hydrogens (primary N) is 1. The molecule has 7 heteroatoms. The van der Waals surface area contributed by atoms with E-state index in [1.807, 2.05) is 0 Å². The van der Waals surface area contributed by atoms with Gasteiger partial charge in [0.1, 0.15) is 5.75 Å². The van der Waals surface area contributed by atoms with E-state index in [0.717, 1.165) is 0 Å². The van der Waals surface area contributed by atoms with Crippen molar-refractivity contribution in [1.29, 1.82) is 0 Å². The summed E-state index contributed by atoms with van der Waals surface area (Å²) < 4.78 is 5.20. The minimum absolute atomic E-state index is 0.171. The average molecular weight is 293 g/mol. The zero-order valence-electron chi connectivity index (χ0n) is 12.2. The number of rotatable bonds is 4. The van der Waals surface area contributed by atoms with E-state index in [2.05, 4.69) is 10.6 Å². The van der Waals surface area contributed by atoms with E-state index in [9.17, 15) is 14.4 Å². The van der Waals surface area contributed by atoms with E-state index < -0.39 is 30.0 Å². The number of primary amides is 1. The summed E-state index contributed by atoms with van der Waals surface area (Å²) in [6.45, 7) is 4.96. The number of ether oxygens (including phenoxy) is 1. The molecule has 0 aliphatic heterocycles. The maximum absolute atomic E-state index is 11.6. The first-order valence-corrected chi connectivity index (χ1v) is 6.32. The van der Waals surface area contributed by atoms with Crippen LogP contribution in [0.5, 0.6) is 5.75 Å². The van der Waals surface area contributed by atoms with Gasteiger partial charge in [0.05, 0.1) is 5.56 Å². The molecule has 1 aromatic carbocycles. The lowest BCUT2D eigenvalue weighted by molar-refractivity contribution is -0.122. The highest BCUT2D eigenvalue weighted by Gasteiger charge is 2.16. The number of amides is 4. The largest absolute Gasteiger partial charge is 0.483 e. The number of hydrogen-bond donors (Lipinski definition) is 3. The number of para-hydroxylation sites is 1. The Morgan fingerprint density at radius 3 is 2.38 bits per heavy atom. The third-order valence-electron chi connectivity index (χ3n) is 2.25. The van der Waals surface area contributed by atoms with Crippen molar-refractivity contribution in [3.8, 4) is 5.75 Å². The van der Waals surface area contributed by atoms with Gasteiger partial charge < -0.3 is 15.8 Å². The van der Waals surface area contributed by atoms with Crippen LogP contribution in [0.25, 0.3) is 0 Å². The standard InChI is InChI=1S/C14H19N3O4/c1-14(2,3)17-13(20)16-11(18)8-21-10-7-5-4-6-9(10)12(15)19/h4-7H,8H2,1-3H3,(H2,15,19)(H2,16,17,18,20). The van der Waals surface area contributed by atoms with Crippen molar-refractivity contribution in [1.82, 2.24) is 10.6 Å². The Bertz CT molecular complexity index is 549. The molecule has 1 rings (SSSR count). The van der Waals surface area contributed by atoms with Crippen molar-refractivity contribution >= 4 is 17.8 Å². The molecule has 1 aromatic rings. The van der Waals surface area contributed by atoms with Crippen molar-refractivity contribution < 1.29 is 19.1 Å². The first kappa shape index (κ1) is 16.5. The molecule has 0 aromatic heterocycles. The molecular weight excluding hydrogens is 274 g/mol. The lowest BCUT2D eigenvalue weighted by atomic mass is 10.1. The normalized spacial score (nSPS) is 10.6. The van der Waals surface area contributed by atoms with E-state index in [1.54, 1.807) is 32.9 Å². The van der Waals surface area contributed by atoms with Gasteiger partial charge in [-0.25, -0.2) is 4.79 Å². The van der Waals surface area contributed by atoms with Crippen LogP contribution in [0.3, 0.4) is 0 Å². The van der Waals surface area contributed by atoms with Crippen molar-refractivity contribution in [2.75, 3.05) is 6.61 Å². The molecule has 0 saturated heterocycles. The molecule has 21 heavy (non-hydrogen) atoms. The summed E-state index contributed by atoms with van der Waals surface area (Å²) in [5, 5.41) is 4.70. The fourth-order valence-corrected chi connectivity index (χ4v) is 1.47. The minimum Gasteiger partial charge on any atom is -0.483 e. The number of carbonyl (C=O) groups excluding carboxylic acids is 3. The van der Waals surface area contributed by atoms with E-state index >= 15 is 0 Å². The molecule has 0 aliphatic rings. The zero-order chi connectivity index (χ0) is 16.0. The van der Waals surface area contributed by atoms with E-state index in [0.29, 0.717) is 0 Å². The van der Waals surface area contributed by atoms with Crippen LogP contribution in [0.1, 0.15) is 31.1 Å². The van der Waals surface area contributed by atoms with E-state index in [4.69, 9.17) is 10.5 Å². The van der Waals surface area contributed by atoms with Gasteiger partial charge in [-0.1, -0.05) is 12.1 Å². The van der Waals surface area contributed by atoms with Gasteiger partial charge in [0.15, 0.2) is 6.61 Å². The Morgan fingerprint density at radius 2 is 1.81 bits per heavy atom. The second kappa shape index (κ2) is 6.74. The highest BCUT2D eigenvalue weighted by molar-refractivity contribution is 5.96. The summed E-state index contributed by atoms with van der Waals surface area (Å²) in [5.41, 5.74) is 4.90. The second-order valence-corrected chi connectivity index (χ2v) is 5.40. The third kappa shape index (κ3) is 5.94. The van der Waals surface area contributed by atoms with Gasteiger partial charge in [0.2, 0.25) is 0 Å². The van der Waals surface area contributed by atoms with Crippen LogP contribution in [-0.2, 0) is 4.79 Å². The third-order valence-corrected chi connectivity index (χ3v) is 2.25. The van der Waals surface area contributed by atoms with Gasteiger partial charge in [-0.05, 0) is 32.9 Å². The van der Waals surface area contributed by atoms with Gasteiger partial charge in [-0.2, -0.15) is 0 Å². The Morgan fingerprint density at radius 1 is 1.19 bits per heavy atom. The van der Waals surface area contributed by atoms with Crippen LogP contribution in [0, 0.1) is 0 Å². The molecule has 4 N–H and O–H groups in total. The number of urea groups is 1. The fraction of sp³-hybridized carbons (Fsp3) is 0.357. The van der Waals surface area contributed by atoms with Crippen LogP contribution in [0.15, 0.2) is 24.3 Å². The Labute approximate surface area is 122 Å². The molecule has 0 radical (unpaired) electrons. The molecule has 0 heterocycles. The molecule has 0 spiro atoms. The second-order valence-electron chi connectivity index (χ2n) is 5.40. The molecule has 7 nitrogen and oxygen atoms in total. The number of hydrogen-bond acceptors (Lipinski definition) is 4.